The van der Waals surface area contributed by atoms with Gasteiger partial charge in [0.1, 0.15) is 5.82 Å². The van der Waals surface area contributed by atoms with Crippen molar-refractivity contribution in [2.24, 2.45) is 0 Å². The molecule has 1 unspecified atom stereocenters. The smallest absolute Gasteiger partial charge is 0.321 e. The monoisotopic (exact) mass is 338 g/mol. The van der Waals surface area contributed by atoms with Crippen molar-refractivity contribution >= 4 is 11.7 Å². The van der Waals surface area contributed by atoms with E-state index in [1.54, 1.807) is 0 Å². The molecule has 1 N–H and O–H groups in total. The minimum absolute atomic E-state index is 0.00325. The zero-order chi connectivity index (χ0) is 17.6. The van der Waals surface area contributed by atoms with Crippen molar-refractivity contribution in [2.75, 3.05) is 18.4 Å². The Hall–Kier alpha value is -2.30. The number of aromatic nitrogens is 2. The Bertz CT molecular complexity index is 806. The molecule has 0 bridgehead atoms. The third kappa shape index (κ3) is 3.15. The molecule has 1 saturated carbocycles. The molecule has 1 aliphatic carbocycles. The molecular formula is C20H26N4O. The lowest BCUT2D eigenvalue weighted by Gasteiger charge is -2.20. The second-order valence-corrected chi connectivity index (χ2v) is 7.52. The molecule has 1 aromatic carbocycles. The maximum absolute atomic E-state index is 12.6. The van der Waals surface area contributed by atoms with Crippen LogP contribution in [0.4, 0.5) is 10.5 Å². The van der Waals surface area contributed by atoms with Crippen molar-refractivity contribution in [3.63, 3.8) is 0 Å². The molecule has 5 nitrogen and oxygen atoms in total. The lowest BCUT2D eigenvalue weighted by molar-refractivity contribution is 0.220. The van der Waals surface area contributed by atoms with Crippen LogP contribution < -0.4 is 5.32 Å². The highest BCUT2D eigenvalue weighted by atomic mass is 16.2. The summed E-state index contributed by atoms with van der Waals surface area (Å²) in [6.45, 7) is 7.82. The molecule has 132 valence electrons. The standard InChI is InChI=1S/C20H26N4O/c1-13-4-7-17(10-14(13)2)22-20(25)23-9-8-18(12-23)24-15(3)11-21-19(24)16-5-6-16/h4,7,10-11,16,18H,5-6,8-9,12H2,1-3H3,(H,22,25). The molecule has 1 saturated heterocycles. The van der Waals surface area contributed by atoms with Gasteiger partial charge in [-0.3, -0.25) is 0 Å². The number of likely N-dealkylation sites (tertiary alicyclic amines) is 1. The fraction of sp³-hybridized carbons (Fsp3) is 0.500. The van der Waals surface area contributed by atoms with Crippen molar-refractivity contribution in [1.82, 2.24) is 14.5 Å². The van der Waals surface area contributed by atoms with E-state index in [-0.39, 0.29) is 6.03 Å². The topological polar surface area (TPSA) is 50.2 Å². The number of aryl methyl sites for hydroxylation is 3. The van der Waals surface area contributed by atoms with Gasteiger partial charge in [-0.25, -0.2) is 9.78 Å². The largest absolute Gasteiger partial charge is 0.327 e. The van der Waals surface area contributed by atoms with Crippen LogP contribution >= 0.6 is 0 Å². The summed E-state index contributed by atoms with van der Waals surface area (Å²) in [5, 5.41) is 3.04. The third-order valence-electron chi connectivity index (χ3n) is 5.53. The molecule has 1 atom stereocenters. The molecular weight excluding hydrogens is 312 g/mol. The predicted octanol–water partition coefficient (Wildman–Crippen LogP) is 4.16. The van der Waals surface area contributed by atoms with Crippen LogP contribution in [-0.4, -0.2) is 33.6 Å². The Morgan fingerprint density at radius 1 is 1.16 bits per heavy atom. The zero-order valence-corrected chi connectivity index (χ0v) is 15.2. The number of nitrogens with zero attached hydrogens (tertiary/aromatic N) is 3. The first-order valence-corrected chi connectivity index (χ1v) is 9.20. The highest BCUT2D eigenvalue weighted by Gasteiger charge is 2.34. The Morgan fingerprint density at radius 3 is 2.68 bits per heavy atom. The number of hydrogen-bond acceptors (Lipinski definition) is 2. The number of anilines is 1. The first kappa shape index (κ1) is 16.2. The SMILES string of the molecule is Cc1ccc(NC(=O)N2CCC(n3c(C)cnc3C3CC3)C2)cc1C. The van der Waals surface area contributed by atoms with Crippen LogP contribution in [0.3, 0.4) is 0 Å². The van der Waals surface area contributed by atoms with Crippen molar-refractivity contribution in [2.45, 2.75) is 52.0 Å². The van der Waals surface area contributed by atoms with Crippen molar-refractivity contribution < 1.29 is 4.79 Å². The van der Waals surface area contributed by atoms with Gasteiger partial charge < -0.3 is 14.8 Å². The maximum atomic E-state index is 12.6. The molecule has 2 aromatic rings. The Labute approximate surface area is 149 Å². The van der Waals surface area contributed by atoms with Crippen LogP contribution in [0.15, 0.2) is 24.4 Å². The van der Waals surface area contributed by atoms with Crippen molar-refractivity contribution in [3.05, 3.63) is 47.0 Å². The molecule has 0 radical (unpaired) electrons. The van der Waals surface area contributed by atoms with E-state index < -0.39 is 0 Å². The van der Waals surface area contributed by atoms with Gasteiger partial charge in [-0.15, -0.1) is 0 Å². The summed E-state index contributed by atoms with van der Waals surface area (Å²) in [6.07, 6.45) is 5.48. The van der Waals surface area contributed by atoms with Gasteiger partial charge in [0.2, 0.25) is 0 Å². The molecule has 25 heavy (non-hydrogen) atoms. The normalized spacial score (nSPS) is 20.1. The molecule has 2 amide bonds. The molecule has 2 aliphatic rings. The quantitative estimate of drug-likeness (QED) is 0.913. The maximum Gasteiger partial charge on any atom is 0.321 e. The van der Waals surface area contributed by atoms with Crippen LogP contribution in [-0.2, 0) is 0 Å². The summed E-state index contributed by atoms with van der Waals surface area (Å²) in [5.41, 5.74) is 4.51. The number of urea groups is 1. The van der Waals surface area contributed by atoms with Crippen molar-refractivity contribution in [3.8, 4) is 0 Å². The van der Waals surface area contributed by atoms with Gasteiger partial charge in [-0.1, -0.05) is 6.07 Å². The van der Waals surface area contributed by atoms with Gasteiger partial charge in [0.15, 0.2) is 0 Å². The Balaban J connectivity index is 1.44. The average molecular weight is 338 g/mol. The molecule has 2 heterocycles. The van der Waals surface area contributed by atoms with E-state index in [0.29, 0.717) is 12.0 Å². The lowest BCUT2D eigenvalue weighted by atomic mass is 10.1. The number of amides is 2. The fourth-order valence-electron chi connectivity index (χ4n) is 3.74. The van der Waals surface area contributed by atoms with Crippen LogP contribution in [0.1, 0.15) is 53.9 Å². The first-order valence-electron chi connectivity index (χ1n) is 9.20. The minimum atomic E-state index is -0.00325. The summed E-state index contributed by atoms with van der Waals surface area (Å²) in [5.74, 6) is 1.85. The summed E-state index contributed by atoms with van der Waals surface area (Å²) in [6, 6.07) is 6.40. The van der Waals surface area contributed by atoms with E-state index in [0.717, 1.165) is 25.2 Å². The van der Waals surface area contributed by atoms with Crippen LogP contribution in [0.5, 0.6) is 0 Å². The van der Waals surface area contributed by atoms with Crippen LogP contribution in [0, 0.1) is 20.8 Å². The Morgan fingerprint density at radius 2 is 1.96 bits per heavy atom. The second kappa shape index (κ2) is 6.21. The minimum Gasteiger partial charge on any atom is -0.327 e. The molecule has 5 heteroatoms. The van der Waals surface area contributed by atoms with E-state index in [9.17, 15) is 4.79 Å². The summed E-state index contributed by atoms with van der Waals surface area (Å²) >= 11 is 0. The van der Waals surface area contributed by atoms with Crippen LogP contribution in [0.25, 0.3) is 0 Å². The van der Waals surface area contributed by atoms with Gasteiger partial charge in [0.05, 0.1) is 6.04 Å². The van der Waals surface area contributed by atoms with Gasteiger partial charge in [-0.2, -0.15) is 0 Å². The highest BCUT2D eigenvalue weighted by Crippen LogP contribution is 2.41. The molecule has 2 fully saturated rings. The van der Waals surface area contributed by atoms with Gasteiger partial charge >= 0.3 is 6.03 Å². The van der Waals surface area contributed by atoms with E-state index >= 15 is 0 Å². The average Bonchev–Trinajstić information content (AvgIpc) is 3.18. The number of hydrogen-bond donors (Lipinski definition) is 1. The number of carbonyl (C=O) groups excluding carboxylic acids is 1. The first-order chi connectivity index (χ1) is 12.0. The Kier molecular flexibility index (Phi) is 4.02. The van der Waals surface area contributed by atoms with Crippen molar-refractivity contribution in [1.29, 1.82) is 0 Å². The van der Waals surface area contributed by atoms with Gasteiger partial charge in [0, 0.05) is 36.6 Å². The van der Waals surface area contributed by atoms with Crippen LogP contribution in [0.2, 0.25) is 0 Å². The lowest BCUT2D eigenvalue weighted by Crippen LogP contribution is -2.33. The fourth-order valence-corrected chi connectivity index (χ4v) is 3.74. The second-order valence-electron chi connectivity index (χ2n) is 7.52. The number of benzene rings is 1. The third-order valence-corrected chi connectivity index (χ3v) is 5.53. The molecule has 4 rings (SSSR count). The van der Waals surface area contributed by atoms with E-state index in [4.69, 9.17) is 0 Å². The number of carbonyl (C=O) groups is 1. The zero-order valence-electron chi connectivity index (χ0n) is 15.2. The summed E-state index contributed by atoms with van der Waals surface area (Å²) in [4.78, 5) is 19.2. The van der Waals surface area contributed by atoms with E-state index in [1.807, 2.05) is 23.2 Å². The predicted molar refractivity (Wildman–Crippen MR) is 99.1 cm³/mol. The number of imidazole rings is 1. The molecule has 1 aliphatic heterocycles. The molecule has 0 spiro atoms. The van der Waals surface area contributed by atoms with E-state index in [2.05, 4.69) is 41.7 Å². The molecule has 1 aromatic heterocycles. The van der Waals surface area contributed by atoms with E-state index in [1.165, 1.54) is 35.5 Å². The summed E-state index contributed by atoms with van der Waals surface area (Å²) in [7, 11) is 0. The highest BCUT2D eigenvalue weighted by molar-refractivity contribution is 5.89. The van der Waals surface area contributed by atoms with Gasteiger partial charge in [-0.05, 0) is 63.3 Å². The summed E-state index contributed by atoms with van der Waals surface area (Å²) < 4.78 is 2.38. The van der Waals surface area contributed by atoms with Gasteiger partial charge in [0.25, 0.3) is 0 Å². The number of rotatable bonds is 3. The number of nitrogens with one attached hydrogen (secondary N) is 1.